The van der Waals surface area contributed by atoms with E-state index in [1.54, 1.807) is 17.0 Å². The van der Waals surface area contributed by atoms with Crippen LogP contribution in [0, 0.1) is 5.82 Å². The number of hydrogen-bond donors (Lipinski definition) is 0. The van der Waals surface area contributed by atoms with Crippen molar-refractivity contribution in [2.45, 2.75) is 6.54 Å². The minimum Gasteiger partial charge on any atom is -0.324 e. The second kappa shape index (κ2) is 5.71. The molecule has 0 atom stereocenters. The average molecular weight is 280 g/mol. The first-order chi connectivity index (χ1) is 10.3. The monoisotopic (exact) mass is 280 g/mol. The number of nitrogens with zero attached hydrogens (tertiary/aromatic N) is 2. The second-order valence-corrected chi connectivity index (χ2v) is 4.77. The molecule has 0 N–H and O–H groups in total. The number of rotatable bonds is 4. The van der Waals surface area contributed by atoms with Crippen LogP contribution in [0.2, 0.25) is 0 Å². The molecule has 0 fully saturated rings. The molecule has 0 radical (unpaired) electrons. The molecule has 4 heteroatoms. The van der Waals surface area contributed by atoms with E-state index in [4.69, 9.17) is 0 Å². The Hall–Kier alpha value is -2.75. The molecule has 3 rings (SSSR count). The Morgan fingerprint density at radius 1 is 1.10 bits per heavy atom. The molecule has 0 saturated carbocycles. The van der Waals surface area contributed by atoms with E-state index in [2.05, 4.69) is 4.98 Å². The van der Waals surface area contributed by atoms with Crippen molar-refractivity contribution in [3.05, 3.63) is 78.1 Å². The van der Waals surface area contributed by atoms with Gasteiger partial charge < -0.3 is 4.57 Å². The molecule has 0 aliphatic heterocycles. The highest BCUT2D eigenvalue weighted by atomic mass is 19.1. The van der Waals surface area contributed by atoms with Crippen molar-refractivity contribution in [2.75, 3.05) is 0 Å². The Morgan fingerprint density at radius 3 is 2.62 bits per heavy atom. The summed E-state index contributed by atoms with van der Waals surface area (Å²) in [7, 11) is 0. The molecule has 0 bridgehead atoms. The molecule has 0 amide bonds. The molecule has 1 aromatic heterocycles. The SMILES string of the molecule is O=Cc1cncn1Cc1ccc(-c2cccc(F)c2)cc1. The molecule has 3 nitrogen and oxygen atoms in total. The number of carbonyl (C=O) groups excluding carboxylic acids is 1. The molecule has 21 heavy (non-hydrogen) atoms. The van der Waals surface area contributed by atoms with Gasteiger partial charge in [-0.3, -0.25) is 4.79 Å². The fraction of sp³-hybridized carbons (Fsp3) is 0.0588. The van der Waals surface area contributed by atoms with Gasteiger partial charge in [0.25, 0.3) is 0 Å². The first-order valence-corrected chi connectivity index (χ1v) is 6.56. The Morgan fingerprint density at radius 2 is 1.90 bits per heavy atom. The molecule has 1 heterocycles. The molecular formula is C17H13FN2O. The van der Waals surface area contributed by atoms with Gasteiger partial charge in [0, 0.05) is 6.54 Å². The van der Waals surface area contributed by atoms with E-state index in [0.29, 0.717) is 12.2 Å². The molecular weight excluding hydrogens is 267 g/mol. The van der Waals surface area contributed by atoms with Crippen LogP contribution in [0.25, 0.3) is 11.1 Å². The van der Waals surface area contributed by atoms with Gasteiger partial charge >= 0.3 is 0 Å². The number of hydrogen-bond acceptors (Lipinski definition) is 2. The first-order valence-electron chi connectivity index (χ1n) is 6.56. The number of aromatic nitrogens is 2. The van der Waals surface area contributed by atoms with Gasteiger partial charge in [-0.15, -0.1) is 0 Å². The van der Waals surface area contributed by atoms with E-state index in [0.717, 1.165) is 23.0 Å². The first kappa shape index (κ1) is 13.2. The predicted octanol–water partition coefficient (Wildman–Crippen LogP) is 3.55. The third-order valence-electron chi connectivity index (χ3n) is 3.33. The summed E-state index contributed by atoms with van der Waals surface area (Å²) < 4.78 is 15.0. The van der Waals surface area contributed by atoms with E-state index < -0.39 is 0 Å². The largest absolute Gasteiger partial charge is 0.324 e. The van der Waals surface area contributed by atoms with Gasteiger partial charge in [-0.05, 0) is 28.8 Å². The van der Waals surface area contributed by atoms with Crippen LogP contribution < -0.4 is 0 Å². The van der Waals surface area contributed by atoms with E-state index in [9.17, 15) is 9.18 Å². The summed E-state index contributed by atoms with van der Waals surface area (Å²) in [4.78, 5) is 14.8. The van der Waals surface area contributed by atoms with Gasteiger partial charge in [0.1, 0.15) is 11.5 Å². The highest BCUT2D eigenvalue weighted by Gasteiger charge is 2.03. The zero-order chi connectivity index (χ0) is 14.7. The van der Waals surface area contributed by atoms with Crippen LogP contribution in [0.5, 0.6) is 0 Å². The second-order valence-electron chi connectivity index (χ2n) is 4.77. The summed E-state index contributed by atoms with van der Waals surface area (Å²) in [6.45, 7) is 0.581. The average Bonchev–Trinajstić information content (AvgIpc) is 2.95. The molecule has 0 aliphatic carbocycles. The van der Waals surface area contributed by atoms with Crippen LogP contribution in [-0.4, -0.2) is 15.8 Å². The molecule has 0 saturated heterocycles. The third-order valence-corrected chi connectivity index (χ3v) is 3.33. The van der Waals surface area contributed by atoms with Crippen molar-refractivity contribution in [3.8, 4) is 11.1 Å². The summed E-state index contributed by atoms with van der Waals surface area (Å²) in [6.07, 6.45) is 3.95. The highest BCUT2D eigenvalue weighted by molar-refractivity contribution is 5.71. The fourth-order valence-corrected chi connectivity index (χ4v) is 2.23. The van der Waals surface area contributed by atoms with Crippen molar-refractivity contribution >= 4 is 6.29 Å². The quantitative estimate of drug-likeness (QED) is 0.685. The van der Waals surface area contributed by atoms with Crippen molar-refractivity contribution in [3.63, 3.8) is 0 Å². The maximum absolute atomic E-state index is 13.2. The smallest absolute Gasteiger partial charge is 0.168 e. The van der Waals surface area contributed by atoms with Crippen LogP contribution in [0.15, 0.2) is 61.1 Å². The summed E-state index contributed by atoms with van der Waals surface area (Å²) in [5, 5.41) is 0. The predicted molar refractivity (Wildman–Crippen MR) is 78.6 cm³/mol. The number of benzene rings is 2. The van der Waals surface area contributed by atoms with Gasteiger partial charge in [-0.25, -0.2) is 9.37 Å². The van der Waals surface area contributed by atoms with E-state index in [1.165, 1.54) is 18.3 Å². The Balaban J connectivity index is 1.83. The van der Waals surface area contributed by atoms with Gasteiger partial charge in [-0.2, -0.15) is 0 Å². The summed E-state index contributed by atoms with van der Waals surface area (Å²) in [5.41, 5.74) is 3.40. The maximum atomic E-state index is 13.2. The van der Waals surface area contributed by atoms with Crippen molar-refractivity contribution < 1.29 is 9.18 Å². The molecule has 0 unspecified atom stereocenters. The fourth-order valence-electron chi connectivity index (χ4n) is 2.23. The minimum absolute atomic E-state index is 0.245. The molecule has 2 aromatic carbocycles. The lowest BCUT2D eigenvalue weighted by Crippen LogP contribution is -2.02. The van der Waals surface area contributed by atoms with Crippen molar-refractivity contribution in [1.29, 1.82) is 0 Å². The van der Waals surface area contributed by atoms with E-state index in [1.807, 2.05) is 30.3 Å². The Bertz CT molecular complexity index is 762. The van der Waals surface area contributed by atoms with Crippen LogP contribution in [0.4, 0.5) is 4.39 Å². The topological polar surface area (TPSA) is 34.9 Å². The summed E-state index contributed by atoms with van der Waals surface area (Å²) in [6, 6.07) is 14.3. The summed E-state index contributed by atoms with van der Waals surface area (Å²) in [5.74, 6) is -0.245. The number of halogens is 1. The zero-order valence-electron chi connectivity index (χ0n) is 11.2. The lowest BCUT2D eigenvalue weighted by atomic mass is 10.0. The number of imidazole rings is 1. The highest BCUT2D eigenvalue weighted by Crippen LogP contribution is 2.21. The lowest BCUT2D eigenvalue weighted by molar-refractivity contribution is 0.111. The van der Waals surface area contributed by atoms with Crippen LogP contribution in [0.1, 0.15) is 16.1 Å². The zero-order valence-corrected chi connectivity index (χ0v) is 11.2. The number of carbonyl (C=O) groups is 1. The molecule has 104 valence electrons. The van der Waals surface area contributed by atoms with Gasteiger partial charge in [0.05, 0.1) is 12.5 Å². The normalized spacial score (nSPS) is 10.5. The Kier molecular flexibility index (Phi) is 3.60. The lowest BCUT2D eigenvalue weighted by Gasteiger charge is -2.07. The molecule has 3 aromatic rings. The maximum Gasteiger partial charge on any atom is 0.168 e. The third kappa shape index (κ3) is 2.89. The van der Waals surface area contributed by atoms with Crippen LogP contribution >= 0.6 is 0 Å². The van der Waals surface area contributed by atoms with Gasteiger partial charge in [-0.1, -0.05) is 36.4 Å². The minimum atomic E-state index is -0.245. The van der Waals surface area contributed by atoms with Crippen LogP contribution in [-0.2, 0) is 6.54 Å². The van der Waals surface area contributed by atoms with Gasteiger partial charge in [0.15, 0.2) is 6.29 Å². The van der Waals surface area contributed by atoms with Crippen molar-refractivity contribution in [1.82, 2.24) is 9.55 Å². The molecule has 0 aliphatic rings. The van der Waals surface area contributed by atoms with Gasteiger partial charge in [0.2, 0.25) is 0 Å². The van der Waals surface area contributed by atoms with E-state index in [-0.39, 0.29) is 5.82 Å². The standard InChI is InChI=1S/C17H13FN2O/c18-16-3-1-2-15(8-16)14-6-4-13(5-7-14)10-20-12-19-9-17(20)11-21/h1-9,11-12H,10H2. The van der Waals surface area contributed by atoms with Crippen LogP contribution in [0.3, 0.4) is 0 Å². The number of aldehydes is 1. The van der Waals surface area contributed by atoms with E-state index >= 15 is 0 Å². The molecule has 0 spiro atoms. The summed E-state index contributed by atoms with van der Waals surface area (Å²) >= 11 is 0. The van der Waals surface area contributed by atoms with Crippen molar-refractivity contribution in [2.24, 2.45) is 0 Å². The Labute approximate surface area is 121 Å².